The van der Waals surface area contributed by atoms with Gasteiger partial charge in [-0.15, -0.1) is 0 Å². The maximum absolute atomic E-state index is 11.6. The molecule has 5 nitrogen and oxygen atoms in total. The average molecular weight is 261 g/mol. The van der Waals surface area contributed by atoms with Crippen LogP contribution >= 0.6 is 0 Å². The lowest BCUT2D eigenvalue weighted by Gasteiger charge is -2.47. The van der Waals surface area contributed by atoms with Gasteiger partial charge in [-0.3, -0.25) is 9.80 Å². The predicted octanol–water partition coefficient (Wildman–Crippen LogP) is -0.863. The van der Waals surface area contributed by atoms with E-state index in [0.717, 1.165) is 19.6 Å². The Bertz CT molecular complexity index is 394. The van der Waals surface area contributed by atoms with Crippen molar-refractivity contribution in [2.24, 2.45) is 5.73 Å². The van der Waals surface area contributed by atoms with Gasteiger partial charge in [0.15, 0.2) is 9.84 Å². The number of sulfone groups is 1. The SMILES string of the molecule is CN1CCN(C2CS(=O)(=O)CC2N)CC1(C)C. The molecule has 2 unspecified atom stereocenters. The first-order chi connectivity index (χ1) is 7.71. The van der Waals surface area contributed by atoms with Gasteiger partial charge < -0.3 is 5.73 Å². The summed E-state index contributed by atoms with van der Waals surface area (Å²) in [4.78, 5) is 4.58. The molecule has 0 bridgehead atoms. The van der Waals surface area contributed by atoms with E-state index in [2.05, 4.69) is 30.7 Å². The minimum absolute atomic E-state index is 0.00738. The molecule has 2 fully saturated rings. The largest absolute Gasteiger partial charge is 0.325 e. The Balaban J connectivity index is 2.10. The zero-order valence-electron chi connectivity index (χ0n) is 10.9. The molecule has 2 N–H and O–H groups in total. The Morgan fingerprint density at radius 3 is 2.35 bits per heavy atom. The van der Waals surface area contributed by atoms with Crippen LogP contribution < -0.4 is 5.73 Å². The quantitative estimate of drug-likeness (QED) is 0.665. The van der Waals surface area contributed by atoms with Crippen LogP contribution in [0.4, 0.5) is 0 Å². The van der Waals surface area contributed by atoms with Gasteiger partial charge in [0.2, 0.25) is 0 Å². The molecule has 6 heteroatoms. The van der Waals surface area contributed by atoms with Crippen molar-refractivity contribution in [3.8, 4) is 0 Å². The van der Waals surface area contributed by atoms with E-state index in [4.69, 9.17) is 5.73 Å². The normalized spacial score (nSPS) is 38.4. The van der Waals surface area contributed by atoms with Gasteiger partial charge in [0, 0.05) is 37.3 Å². The van der Waals surface area contributed by atoms with Gasteiger partial charge in [-0.25, -0.2) is 8.42 Å². The van der Waals surface area contributed by atoms with Crippen molar-refractivity contribution < 1.29 is 8.42 Å². The molecule has 0 aromatic carbocycles. The fourth-order valence-corrected chi connectivity index (χ4v) is 4.72. The lowest BCUT2D eigenvalue weighted by atomic mass is 9.97. The van der Waals surface area contributed by atoms with Crippen LogP contribution in [-0.2, 0) is 9.84 Å². The van der Waals surface area contributed by atoms with Gasteiger partial charge in [0.25, 0.3) is 0 Å². The molecule has 2 atom stereocenters. The standard InChI is InChI=1S/C11H23N3O2S/c1-11(2)8-14(5-4-13(11)3)10-7-17(15,16)6-9(10)12/h9-10H,4-8,12H2,1-3H3. The molecule has 2 aliphatic rings. The van der Waals surface area contributed by atoms with E-state index in [-0.39, 0.29) is 29.1 Å². The molecule has 0 aliphatic carbocycles. The summed E-state index contributed by atoms with van der Waals surface area (Å²) in [6.45, 7) is 7.14. The number of rotatable bonds is 1. The summed E-state index contributed by atoms with van der Waals surface area (Å²) in [7, 11) is -0.811. The molecule has 2 aliphatic heterocycles. The molecule has 2 heterocycles. The van der Waals surface area contributed by atoms with Gasteiger partial charge in [-0.05, 0) is 20.9 Å². The summed E-state index contributed by atoms with van der Waals surface area (Å²) in [5.74, 6) is 0.373. The molecular weight excluding hydrogens is 238 g/mol. The van der Waals surface area contributed by atoms with Crippen LogP contribution in [-0.4, -0.2) is 74.0 Å². The molecular formula is C11H23N3O2S. The average Bonchev–Trinajstić information content (AvgIpc) is 2.44. The zero-order chi connectivity index (χ0) is 12.8. The van der Waals surface area contributed by atoms with E-state index in [9.17, 15) is 8.42 Å². The van der Waals surface area contributed by atoms with Gasteiger partial charge in [-0.2, -0.15) is 0 Å². The van der Waals surface area contributed by atoms with Crippen LogP contribution in [0, 0.1) is 0 Å². The minimum Gasteiger partial charge on any atom is -0.325 e. The van der Waals surface area contributed by atoms with E-state index >= 15 is 0 Å². The minimum atomic E-state index is -2.93. The first-order valence-electron chi connectivity index (χ1n) is 6.13. The summed E-state index contributed by atoms with van der Waals surface area (Å²) in [6.07, 6.45) is 0. The van der Waals surface area contributed by atoms with E-state index in [1.807, 2.05) is 0 Å². The third-order valence-corrected chi connectivity index (χ3v) is 5.92. The van der Waals surface area contributed by atoms with Crippen LogP contribution in [0.5, 0.6) is 0 Å². The van der Waals surface area contributed by atoms with Crippen LogP contribution in [0.15, 0.2) is 0 Å². The number of likely N-dealkylation sites (N-methyl/N-ethyl adjacent to an activating group) is 1. The molecule has 0 amide bonds. The summed E-state index contributed by atoms with van der Waals surface area (Å²) in [5, 5.41) is 0. The Morgan fingerprint density at radius 1 is 1.24 bits per heavy atom. The molecule has 0 radical (unpaired) electrons. The molecule has 0 aromatic heterocycles. The first-order valence-corrected chi connectivity index (χ1v) is 7.95. The highest BCUT2D eigenvalue weighted by molar-refractivity contribution is 7.91. The molecule has 2 saturated heterocycles. The Hall–Kier alpha value is -0.170. The summed E-state index contributed by atoms with van der Waals surface area (Å²) in [5.41, 5.74) is 6.06. The number of nitrogens with two attached hydrogens (primary N) is 1. The molecule has 0 spiro atoms. The Kier molecular flexibility index (Phi) is 3.27. The van der Waals surface area contributed by atoms with E-state index < -0.39 is 9.84 Å². The molecule has 100 valence electrons. The fraction of sp³-hybridized carbons (Fsp3) is 1.00. The number of piperazine rings is 1. The highest BCUT2D eigenvalue weighted by Crippen LogP contribution is 2.24. The topological polar surface area (TPSA) is 66.6 Å². The van der Waals surface area contributed by atoms with Gasteiger partial charge in [0.05, 0.1) is 11.5 Å². The van der Waals surface area contributed by atoms with Crippen molar-refractivity contribution in [1.82, 2.24) is 9.80 Å². The third-order valence-electron chi connectivity index (χ3n) is 4.18. The van der Waals surface area contributed by atoms with E-state index in [1.54, 1.807) is 0 Å². The van der Waals surface area contributed by atoms with E-state index in [1.165, 1.54) is 0 Å². The molecule has 0 aromatic rings. The van der Waals surface area contributed by atoms with E-state index in [0.29, 0.717) is 0 Å². The van der Waals surface area contributed by atoms with Crippen LogP contribution in [0.2, 0.25) is 0 Å². The lowest BCUT2D eigenvalue weighted by Crippen LogP contribution is -2.62. The lowest BCUT2D eigenvalue weighted by molar-refractivity contribution is 0.0190. The summed E-state index contributed by atoms with van der Waals surface area (Å²) >= 11 is 0. The maximum atomic E-state index is 11.6. The van der Waals surface area contributed by atoms with Crippen LogP contribution in [0.3, 0.4) is 0 Å². The second kappa shape index (κ2) is 4.19. The molecule has 17 heavy (non-hydrogen) atoms. The van der Waals surface area contributed by atoms with Crippen molar-refractivity contribution >= 4 is 9.84 Å². The van der Waals surface area contributed by atoms with Crippen molar-refractivity contribution in [3.05, 3.63) is 0 Å². The van der Waals surface area contributed by atoms with Crippen molar-refractivity contribution in [2.75, 3.05) is 38.2 Å². The van der Waals surface area contributed by atoms with Gasteiger partial charge in [-0.1, -0.05) is 0 Å². The summed E-state index contributed by atoms with van der Waals surface area (Å²) in [6, 6.07) is -0.216. The Morgan fingerprint density at radius 2 is 1.88 bits per heavy atom. The predicted molar refractivity (Wildman–Crippen MR) is 68.7 cm³/mol. The Labute approximate surface area is 104 Å². The number of hydrogen-bond donors (Lipinski definition) is 1. The second-order valence-electron chi connectivity index (χ2n) is 6.01. The smallest absolute Gasteiger partial charge is 0.153 e. The first kappa shape index (κ1) is 13.3. The fourth-order valence-electron chi connectivity index (χ4n) is 2.79. The molecule has 2 rings (SSSR count). The van der Waals surface area contributed by atoms with Crippen molar-refractivity contribution in [3.63, 3.8) is 0 Å². The van der Waals surface area contributed by atoms with Gasteiger partial charge >= 0.3 is 0 Å². The number of nitrogens with zero attached hydrogens (tertiary/aromatic N) is 2. The highest BCUT2D eigenvalue weighted by atomic mass is 32.2. The second-order valence-corrected chi connectivity index (χ2v) is 8.17. The molecule has 0 saturated carbocycles. The van der Waals surface area contributed by atoms with Gasteiger partial charge in [0.1, 0.15) is 0 Å². The van der Waals surface area contributed by atoms with Crippen LogP contribution in [0.1, 0.15) is 13.8 Å². The monoisotopic (exact) mass is 261 g/mol. The third kappa shape index (κ3) is 2.65. The zero-order valence-corrected chi connectivity index (χ0v) is 11.7. The van der Waals surface area contributed by atoms with Crippen molar-refractivity contribution in [2.45, 2.75) is 31.5 Å². The van der Waals surface area contributed by atoms with Crippen molar-refractivity contribution in [1.29, 1.82) is 0 Å². The number of hydrogen-bond acceptors (Lipinski definition) is 5. The van der Waals surface area contributed by atoms with Crippen LogP contribution in [0.25, 0.3) is 0 Å². The highest BCUT2D eigenvalue weighted by Gasteiger charge is 2.42. The maximum Gasteiger partial charge on any atom is 0.153 e. The summed E-state index contributed by atoms with van der Waals surface area (Å²) < 4.78 is 23.2.